The molecule has 0 atom stereocenters. The second kappa shape index (κ2) is 5.46. The molecule has 0 spiro atoms. The molecule has 112 valence electrons. The number of pyridine rings is 1. The van der Waals surface area contributed by atoms with Gasteiger partial charge in [-0.15, -0.1) is 0 Å². The molecular weight excluding hydrogens is 288 g/mol. The third-order valence-electron chi connectivity index (χ3n) is 2.95. The fourth-order valence-corrected chi connectivity index (χ4v) is 2.34. The van der Waals surface area contributed by atoms with Crippen LogP contribution in [0.1, 0.15) is 26.3 Å². The molecule has 0 aliphatic rings. The Morgan fingerprint density at radius 2 is 1.76 bits per heavy atom. The van der Waals surface area contributed by atoms with Crippen molar-refractivity contribution in [2.75, 3.05) is 0 Å². The summed E-state index contributed by atoms with van der Waals surface area (Å²) in [6.45, 7) is 6.27. The summed E-state index contributed by atoms with van der Waals surface area (Å²) in [4.78, 5) is 3.94. The maximum atomic E-state index is 11.2. The number of primary sulfonamides is 1. The standard InChI is InChI=1S/C15H18N2O3S/c1-15(2,3)12-6-4-5-7-13(12)20-14-9-8-11(10-17-14)21(16,18)19/h4-10H,1-3H3,(H2,16,18,19). The summed E-state index contributed by atoms with van der Waals surface area (Å²) in [6, 6.07) is 10.5. The Morgan fingerprint density at radius 1 is 1.10 bits per heavy atom. The highest BCUT2D eigenvalue weighted by atomic mass is 32.2. The first-order chi connectivity index (χ1) is 9.68. The molecule has 0 radical (unpaired) electrons. The molecule has 0 bridgehead atoms. The number of sulfonamides is 1. The summed E-state index contributed by atoms with van der Waals surface area (Å²) in [7, 11) is -3.74. The largest absolute Gasteiger partial charge is 0.439 e. The van der Waals surface area contributed by atoms with Crippen molar-refractivity contribution in [3.8, 4) is 11.6 Å². The van der Waals surface area contributed by atoms with E-state index in [-0.39, 0.29) is 10.3 Å². The van der Waals surface area contributed by atoms with Crippen molar-refractivity contribution >= 4 is 10.0 Å². The lowest BCUT2D eigenvalue weighted by Crippen LogP contribution is -2.13. The molecule has 0 saturated heterocycles. The molecule has 0 aliphatic carbocycles. The number of nitrogens with zero attached hydrogens (tertiary/aromatic N) is 1. The van der Waals surface area contributed by atoms with Crippen LogP contribution in [0.2, 0.25) is 0 Å². The van der Waals surface area contributed by atoms with E-state index in [4.69, 9.17) is 9.88 Å². The van der Waals surface area contributed by atoms with Gasteiger partial charge in [0.25, 0.3) is 0 Å². The molecule has 1 aromatic heterocycles. The Labute approximate surface area is 124 Å². The lowest BCUT2D eigenvalue weighted by atomic mass is 9.86. The normalized spacial score (nSPS) is 12.2. The number of hydrogen-bond donors (Lipinski definition) is 1. The lowest BCUT2D eigenvalue weighted by molar-refractivity contribution is 0.439. The van der Waals surface area contributed by atoms with Gasteiger partial charge in [-0.25, -0.2) is 18.5 Å². The van der Waals surface area contributed by atoms with E-state index >= 15 is 0 Å². The van der Waals surface area contributed by atoms with Crippen molar-refractivity contribution in [3.63, 3.8) is 0 Å². The number of ether oxygens (including phenoxy) is 1. The Hall–Kier alpha value is -1.92. The summed E-state index contributed by atoms with van der Waals surface area (Å²) in [5, 5.41) is 5.03. The lowest BCUT2D eigenvalue weighted by Gasteiger charge is -2.22. The summed E-state index contributed by atoms with van der Waals surface area (Å²) < 4.78 is 28.1. The molecule has 0 saturated carbocycles. The predicted molar refractivity (Wildman–Crippen MR) is 80.8 cm³/mol. The topological polar surface area (TPSA) is 82.3 Å². The molecule has 2 rings (SSSR count). The number of nitrogens with two attached hydrogens (primary N) is 1. The van der Waals surface area contributed by atoms with Crippen LogP contribution in [0.25, 0.3) is 0 Å². The van der Waals surface area contributed by atoms with E-state index < -0.39 is 10.0 Å². The van der Waals surface area contributed by atoms with E-state index in [1.165, 1.54) is 18.3 Å². The minimum absolute atomic E-state index is 0.0426. The number of para-hydroxylation sites is 1. The molecule has 2 N–H and O–H groups in total. The van der Waals surface area contributed by atoms with Crippen molar-refractivity contribution in [1.82, 2.24) is 4.98 Å². The Kier molecular flexibility index (Phi) is 4.02. The number of aromatic nitrogens is 1. The van der Waals surface area contributed by atoms with Gasteiger partial charge in [0.05, 0.1) is 6.20 Å². The molecular formula is C15H18N2O3S. The molecule has 0 fully saturated rings. The number of benzene rings is 1. The highest BCUT2D eigenvalue weighted by Crippen LogP contribution is 2.33. The van der Waals surface area contributed by atoms with Gasteiger partial charge in [-0.2, -0.15) is 0 Å². The first-order valence-electron chi connectivity index (χ1n) is 6.44. The van der Waals surface area contributed by atoms with Crippen LogP contribution in [-0.2, 0) is 15.4 Å². The van der Waals surface area contributed by atoms with E-state index in [0.29, 0.717) is 11.6 Å². The van der Waals surface area contributed by atoms with Crippen LogP contribution in [0.15, 0.2) is 47.5 Å². The van der Waals surface area contributed by atoms with Crippen LogP contribution in [-0.4, -0.2) is 13.4 Å². The second-order valence-corrected chi connectivity index (χ2v) is 7.29. The average molecular weight is 306 g/mol. The smallest absolute Gasteiger partial charge is 0.239 e. The number of rotatable bonds is 3. The van der Waals surface area contributed by atoms with Crippen molar-refractivity contribution in [2.24, 2.45) is 5.14 Å². The van der Waals surface area contributed by atoms with Gasteiger partial charge in [0.15, 0.2) is 0 Å². The van der Waals surface area contributed by atoms with E-state index in [0.717, 1.165) is 5.56 Å². The Bertz CT molecular complexity index is 732. The molecule has 0 unspecified atom stereocenters. The molecule has 1 heterocycles. The first-order valence-corrected chi connectivity index (χ1v) is 7.99. The van der Waals surface area contributed by atoms with Crippen LogP contribution in [0, 0.1) is 0 Å². The third-order valence-corrected chi connectivity index (χ3v) is 3.85. The average Bonchev–Trinajstić information content (AvgIpc) is 2.37. The maximum Gasteiger partial charge on any atom is 0.239 e. The highest BCUT2D eigenvalue weighted by molar-refractivity contribution is 7.89. The van der Waals surface area contributed by atoms with Crippen LogP contribution in [0.5, 0.6) is 11.6 Å². The minimum atomic E-state index is -3.74. The van der Waals surface area contributed by atoms with Crippen molar-refractivity contribution in [3.05, 3.63) is 48.2 Å². The summed E-state index contributed by atoms with van der Waals surface area (Å²) in [5.74, 6) is 1.01. The zero-order chi connectivity index (χ0) is 15.7. The van der Waals surface area contributed by atoms with E-state index in [1.54, 1.807) is 0 Å². The summed E-state index contributed by atoms with van der Waals surface area (Å²) >= 11 is 0. The molecule has 0 amide bonds. The van der Waals surface area contributed by atoms with Crippen molar-refractivity contribution in [2.45, 2.75) is 31.1 Å². The molecule has 6 heteroatoms. The third kappa shape index (κ3) is 3.80. The SMILES string of the molecule is CC(C)(C)c1ccccc1Oc1ccc(S(N)(=O)=O)cn1. The Morgan fingerprint density at radius 3 is 2.29 bits per heavy atom. The predicted octanol–water partition coefficient (Wildman–Crippen LogP) is 2.82. The zero-order valence-corrected chi connectivity index (χ0v) is 13.0. The van der Waals surface area contributed by atoms with Gasteiger partial charge in [-0.1, -0.05) is 39.0 Å². The fraction of sp³-hybridized carbons (Fsp3) is 0.267. The van der Waals surface area contributed by atoms with Gasteiger partial charge in [0, 0.05) is 11.6 Å². The van der Waals surface area contributed by atoms with Gasteiger partial charge in [-0.3, -0.25) is 0 Å². The molecule has 2 aromatic rings. The second-order valence-electron chi connectivity index (χ2n) is 5.73. The highest BCUT2D eigenvalue weighted by Gasteiger charge is 2.19. The number of hydrogen-bond acceptors (Lipinski definition) is 4. The van der Waals surface area contributed by atoms with Gasteiger partial charge in [0.2, 0.25) is 15.9 Å². The molecule has 1 aromatic carbocycles. The quantitative estimate of drug-likeness (QED) is 0.945. The first kappa shape index (κ1) is 15.5. The van der Waals surface area contributed by atoms with Crippen LogP contribution >= 0.6 is 0 Å². The van der Waals surface area contributed by atoms with Gasteiger partial charge in [0.1, 0.15) is 10.6 Å². The monoisotopic (exact) mass is 306 g/mol. The zero-order valence-electron chi connectivity index (χ0n) is 12.2. The maximum absolute atomic E-state index is 11.2. The fourth-order valence-electron chi connectivity index (χ4n) is 1.88. The van der Waals surface area contributed by atoms with Gasteiger partial charge >= 0.3 is 0 Å². The van der Waals surface area contributed by atoms with Crippen LogP contribution in [0.4, 0.5) is 0 Å². The molecule has 21 heavy (non-hydrogen) atoms. The summed E-state index contributed by atoms with van der Waals surface area (Å²) in [6.07, 6.45) is 1.18. The van der Waals surface area contributed by atoms with Gasteiger partial charge < -0.3 is 4.74 Å². The molecule has 5 nitrogen and oxygen atoms in total. The van der Waals surface area contributed by atoms with Crippen molar-refractivity contribution < 1.29 is 13.2 Å². The van der Waals surface area contributed by atoms with E-state index in [1.807, 2.05) is 24.3 Å². The molecule has 0 aliphatic heterocycles. The summed E-state index contributed by atoms with van der Waals surface area (Å²) in [5.41, 5.74) is 0.972. The van der Waals surface area contributed by atoms with E-state index in [9.17, 15) is 8.42 Å². The van der Waals surface area contributed by atoms with Crippen LogP contribution < -0.4 is 9.88 Å². The van der Waals surface area contributed by atoms with Crippen LogP contribution in [0.3, 0.4) is 0 Å². The minimum Gasteiger partial charge on any atom is -0.439 e. The Balaban J connectivity index is 2.31. The van der Waals surface area contributed by atoms with E-state index in [2.05, 4.69) is 25.8 Å². The van der Waals surface area contributed by atoms with Gasteiger partial charge in [-0.05, 0) is 17.5 Å². The van der Waals surface area contributed by atoms with Crippen molar-refractivity contribution in [1.29, 1.82) is 0 Å².